The van der Waals surface area contributed by atoms with Gasteiger partial charge in [0.05, 0.1) is 23.8 Å². The van der Waals surface area contributed by atoms with Gasteiger partial charge in [0, 0.05) is 11.1 Å². The second kappa shape index (κ2) is 8.76. The number of rotatable bonds is 6. The number of carbonyl (C=O) groups is 1. The third-order valence-electron chi connectivity index (χ3n) is 4.92. The number of sulfone groups is 1. The van der Waals surface area contributed by atoms with Gasteiger partial charge in [0.25, 0.3) is 5.91 Å². The number of thioether (sulfide) groups is 1. The van der Waals surface area contributed by atoms with Gasteiger partial charge in [-0.05, 0) is 48.4 Å². The van der Waals surface area contributed by atoms with E-state index in [4.69, 9.17) is 9.15 Å². The molecule has 0 fully saturated rings. The molecule has 3 aromatic rings. The van der Waals surface area contributed by atoms with E-state index in [-0.39, 0.29) is 22.5 Å². The Labute approximate surface area is 184 Å². The number of hydrogen-bond acceptors (Lipinski definition) is 7. The van der Waals surface area contributed by atoms with E-state index in [0.717, 1.165) is 17.1 Å². The summed E-state index contributed by atoms with van der Waals surface area (Å²) in [6.45, 7) is 1.82. The number of amides is 1. The van der Waals surface area contributed by atoms with Crippen LogP contribution in [0.25, 0.3) is 11.0 Å². The number of furan rings is 1. The molecule has 0 aliphatic carbocycles. The van der Waals surface area contributed by atoms with Gasteiger partial charge in [0.1, 0.15) is 11.3 Å². The SMILES string of the molecule is CCCS(=O)(=O)c1ccc2oc(C(=O)NC3=NC(c4ccc(OC)cc4)CS3)cc2c1. The van der Waals surface area contributed by atoms with E-state index >= 15 is 0 Å². The van der Waals surface area contributed by atoms with E-state index in [1.165, 1.54) is 17.8 Å². The minimum Gasteiger partial charge on any atom is -0.497 e. The first-order chi connectivity index (χ1) is 14.9. The fraction of sp³-hybridized carbons (Fsp3) is 0.273. The van der Waals surface area contributed by atoms with E-state index in [1.54, 1.807) is 25.3 Å². The van der Waals surface area contributed by atoms with Crippen molar-refractivity contribution < 1.29 is 22.4 Å². The Hall–Kier alpha value is -2.78. The molecular weight excluding hydrogens is 436 g/mol. The Morgan fingerprint density at radius 2 is 2.00 bits per heavy atom. The Morgan fingerprint density at radius 3 is 2.71 bits per heavy atom. The number of benzene rings is 2. The predicted octanol–water partition coefficient (Wildman–Crippen LogP) is 4.20. The van der Waals surface area contributed by atoms with Crippen LogP contribution in [0.2, 0.25) is 0 Å². The minimum atomic E-state index is -3.34. The summed E-state index contributed by atoms with van der Waals surface area (Å²) < 4.78 is 35.4. The number of carbonyl (C=O) groups excluding carboxylic acids is 1. The summed E-state index contributed by atoms with van der Waals surface area (Å²) in [5, 5.41) is 3.88. The zero-order valence-corrected chi connectivity index (χ0v) is 18.8. The first kappa shape index (κ1) is 21.5. The number of methoxy groups -OCH3 is 1. The van der Waals surface area contributed by atoms with Gasteiger partial charge in [-0.1, -0.05) is 30.8 Å². The first-order valence-electron chi connectivity index (χ1n) is 9.82. The molecule has 1 aromatic heterocycles. The van der Waals surface area contributed by atoms with E-state index in [2.05, 4.69) is 10.3 Å². The molecule has 1 unspecified atom stereocenters. The minimum absolute atomic E-state index is 0.0480. The van der Waals surface area contributed by atoms with Crippen molar-refractivity contribution in [2.24, 2.45) is 4.99 Å². The molecule has 7 nitrogen and oxygen atoms in total. The second-order valence-electron chi connectivity index (χ2n) is 7.12. The smallest absolute Gasteiger partial charge is 0.292 e. The van der Waals surface area contributed by atoms with Crippen molar-refractivity contribution in [3.05, 3.63) is 59.9 Å². The van der Waals surface area contributed by atoms with Crippen molar-refractivity contribution in [3.8, 4) is 5.75 Å². The molecule has 1 aliphatic rings. The van der Waals surface area contributed by atoms with Crippen LogP contribution in [-0.4, -0.2) is 38.1 Å². The molecule has 1 atom stereocenters. The average Bonchev–Trinajstić information content (AvgIpc) is 3.40. The number of nitrogens with one attached hydrogen (secondary N) is 1. The lowest BCUT2D eigenvalue weighted by Crippen LogP contribution is -2.26. The molecule has 162 valence electrons. The first-order valence-corrected chi connectivity index (χ1v) is 12.5. The maximum absolute atomic E-state index is 12.6. The van der Waals surface area contributed by atoms with Gasteiger partial charge in [-0.2, -0.15) is 0 Å². The zero-order valence-electron chi connectivity index (χ0n) is 17.1. The predicted molar refractivity (Wildman–Crippen MR) is 122 cm³/mol. The summed E-state index contributed by atoms with van der Waals surface area (Å²) in [6, 6.07) is 13.8. The normalized spacial score (nSPS) is 16.3. The highest BCUT2D eigenvalue weighted by Gasteiger charge is 2.23. The molecule has 0 saturated heterocycles. The second-order valence-corrected chi connectivity index (χ2v) is 10.2. The summed E-state index contributed by atoms with van der Waals surface area (Å²) in [6.07, 6.45) is 0.538. The highest BCUT2D eigenvalue weighted by molar-refractivity contribution is 8.14. The highest BCUT2D eigenvalue weighted by atomic mass is 32.2. The Bertz CT molecular complexity index is 1250. The summed E-state index contributed by atoms with van der Waals surface area (Å²) in [7, 11) is -1.72. The Balaban J connectivity index is 1.49. The largest absolute Gasteiger partial charge is 0.497 e. The van der Waals surface area contributed by atoms with Crippen LogP contribution < -0.4 is 10.1 Å². The summed E-state index contributed by atoms with van der Waals surface area (Å²) >= 11 is 1.46. The fourth-order valence-corrected chi connectivity index (χ4v) is 5.62. The lowest BCUT2D eigenvalue weighted by molar-refractivity contribution is 0.0953. The molecule has 2 aromatic carbocycles. The third kappa shape index (κ3) is 4.62. The third-order valence-corrected chi connectivity index (χ3v) is 7.80. The lowest BCUT2D eigenvalue weighted by atomic mass is 10.1. The summed E-state index contributed by atoms with van der Waals surface area (Å²) in [5.41, 5.74) is 1.50. The van der Waals surface area contributed by atoms with Gasteiger partial charge < -0.3 is 9.15 Å². The number of aliphatic imine (C=N–C) groups is 1. The van der Waals surface area contributed by atoms with Crippen molar-refractivity contribution in [3.63, 3.8) is 0 Å². The van der Waals surface area contributed by atoms with Gasteiger partial charge in [-0.15, -0.1) is 0 Å². The molecule has 0 bridgehead atoms. The number of fused-ring (bicyclic) bond motifs is 1. The maximum Gasteiger partial charge on any atom is 0.292 e. The Kier molecular flexibility index (Phi) is 6.06. The average molecular weight is 459 g/mol. The van der Waals surface area contributed by atoms with Gasteiger partial charge in [-0.3, -0.25) is 15.1 Å². The topological polar surface area (TPSA) is 98.0 Å². The number of nitrogens with zero attached hydrogens (tertiary/aromatic N) is 1. The molecule has 31 heavy (non-hydrogen) atoms. The number of ether oxygens (including phenoxy) is 1. The van der Waals surface area contributed by atoms with Crippen molar-refractivity contribution in [2.45, 2.75) is 24.3 Å². The molecule has 2 heterocycles. The van der Waals surface area contributed by atoms with Gasteiger partial charge >= 0.3 is 0 Å². The number of hydrogen-bond donors (Lipinski definition) is 1. The van der Waals surface area contributed by atoms with Crippen molar-refractivity contribution in [1.82, 2.24) is 5.32 Å². The monoisotopic (exact) mass is 458 g/mol. The van der Waals surface area contributed by atoms with E-state index in [0.29, 0.717) is 22.6 Å². The molecular formula is C22H22N2O5S2. The lowest BCUT2D eigenvalue weighted by Gasteiger charge is -2.06. The molecule has 1 N–H and O–H groups in total. The van der Waals surface area contributed by atoms with Crippen LogP contribution in [0.5, 0.6) is 5.75 Å². The van der Waals surface area contributed by atoms with Crippen molar-refractivity contribution >= 4 is 43.6 Å². The van der Waals surface area contributed by atoms with E-state index in [9.17, 15) is 13.2 Å². The zero-order chi connectivity index (χ0) is 22.0. The van der Waals surface area contributed by atoms with Gasteiger partial charge in [-0.25, -0.2) is 8.42 Å². The van der Waals surface area contributed by atoms with Crippen LogP contribution in [0.4, 0.5) is 0 Å². The fourth-order valence-electron chi connectivity index (χ4n) is 3.31. The number of amidine groups is 1. The van der Waals surface area contributed by atoms with Crippen LogP contribution in [0.3, 0.4) is 0 Å². The van der Waals surface area contributed by atoms with Gasteiger partial charge in [0.15, 0.2) is 20.8 Å². The standard InChI is InChI=1S/C22H22N2O5S2/c1-3-10-31(26,27)17-8-9-19-15(11-17)12-20(29-19)21(25)24-22-23-18(13-30-22)14-4-6-16(28-2)7-5-14/h4-9,11-12,18H,3,10,13H2,1-2H3,(H,23,24,25). The maximum atomic E-state index is 12.6. The molecule has 0 saturated carbocycles. The van der Waals surface area contributed by atoms with Crippen LogP contribution >= 0.6 is 11.8 Å². The van der Waals surface area contributed by atoms with E-state index < -0.39 is 15.7 Å². The summed E-state index contributed by atoms with van der Waals surface area (Å²) in [4.78, 5) is 17.5. The van der Waals surface area contributed by atoms with Crippen LogP contribution in [0.1, 0.15) is 35.5 Å². The van der Waals surface area contributed by atoms with Gasteiger partial charge in [0.2, 0.25) is 0 Å². The molecule has 9 heteroatoms. The van der Waals surface area contributed by atoms with Crippen LogP contribution in [0, 0.1) is 0 Å². The molecule has 0 spiro atoms. The van der Waals surface area contributed by atoms with Crippen molar-refractivity contribution in [1.29, 1.82) is 0 Å². The molecule has 4 rings (SSSR count). The molecule has 0 radical (unpaired) electrons. The van der Waals surface area contributed by atoms with E-state index in [1.807, 2.05) is 31.2 Å². The molecule has 1 amide bonds. The summed E-state index contributed by atoms with van der Waals surface area (Å²) in [5.74, 6) is 1.27. The van der Waals surface area contributed by atoms with Crippen LogP contribution in [0.15, 0.2) is 62.8 Å². The van der Waals surface area contributed by atoms with Crippen molar-refractivity contribution in [2.75, 3.05) is 18.6 Å². The highest BCUT2D eigenvalue weighted by Crippen LogP contribution is 2.31. The molecule has 1 aliphatic heterocycles. The van der Waals surface area contributed by atoms with Crippen LogP contribution in [-0.2, 0) is 9.84 Å². The quantitative estimate of drug-likeness (QED) is 0.595. The Morgan fingerprint density at radius 1 is 1.23 bits per heavy atom.